The maximum Gasteiger partial charge on any atom is 0.00786 e. The maximum absolute atomic E-state index is 5.45. The second-order valence-corrected chi connectivity index (χ2v) is 2.65. The Morgan fingerprint density at radius 3 is 2.00 bits per heavy atom. The monoisotopic (exact) mass is 180 g/mol. The van der Waals surface area contributed by atoms with Crippen LogP contribution in [-0.2, 0) is 0 Å². The zero-order chi connectivity index (χ0) is 7.98. The minimum Gasteiger partial charge on any atom is -0.330 e. The van der Waals surface area contributed by atoms with E-state index in [1.165, 1.54) is 0 Å². The number of hydrogen-bond donors (Lipinski definition) is 1. The Hall–Kier alpha value is 0.210. The number of rotatable bonds is 5. The minimum atomic E-state index is 0. The van der Waals surface area contributed by atoms with Gasteiger partial charge in [0.2, 0.25) is 0 Å². The highest BCUT2D eigenvalue weighted by molar-refractivity contribution is 5.85. The zero-order valence-corrected chi connectivity index (χ0v) is 8.66. The molecule has 0 aliphatic carbocycles. The van der Waals surface area contributed by atoms with Gasteiger partial charge in [0.25, 0.3) is 0 Å². The van der Waals surface area contributed by atoms with E-state index in [-0.39, 0.29) is 12.4 Å². The molecule has 70 valence electrons. The van der Waals surface area contributed by atoms with Crippen LogP contribution in [0.3, 0.4) is 0 Å². The summed E-state index contributed by atoms with van der Waals surface area (Å²) in [6, 6.07) is 0.653. The summed E-state index contributed by atoms with van der Waals surface area (Å²) >= 11 is 0. The van der Waals surface area contributed by atoms with Crippen molar-refractivity contribution in [1.82, 2.24) is 4.90 Å². The second-order valence-electron chi connectivity index (χ2n) is 2.65. The summed E-state index contributed by atoms with van der Waals surface area (Å²) in [5.41, 5.74) is 5.45. The molecule has 0 rings (SSSR count). The van der Waals surface area contributed by atoms with E-state index >= 15 is 0 Å². The predicted octanol–water partition coefficient (Wildman–Crippen LogP) is 1.49. The third-order valence-electron chi connectivity index (χ3n) is 2.02. The summed E-state index contributed by atoms with van der Waals surface area (Å²) in [4.78, 5) is 2.42. The van der Waals surface area contributed by atoms with Crippen molar-refractivity contribution in [2.75, 3.05) is 19.6 Å². The van der Waals surface area contributed by atoms with Gasteiger partial charge in [-0.05, 0) is 33.0 Å². The Bertz CT molecular complexity index is 74.5. The van der Waals surface area contributed by atoms with Crippen molar-refractivity contribution < 1.29 is 0 Å². The molecule has 0 saturated heterocycles. The molecular weight excluding hydrogens is 160 g/mol. The first-order valence-corrected chi connectivity index (χ1v) is 4.20. The van der Waals surface area contributed by atoms with Crippen LogP contribution in [0.5, 0.6) is 0 Å². The zero-order valence-electron chi connectivity index (χ0n) is 7.84. The van der Waals surface area contributed by atoms with Gasteiger partial charge in [0.05, 0.1) is 0 Å². The van der Waals surface area contributed by atoms with Gasteiger partial charge in [0.1, 0.15) is 0 Å². The fraction of sp³-hybridized carbons (Fsp3) is 1.00. The van der Waals surface area contributed by atoms with Crippen LogP contribution in [0, 0.1) is 0 Å². The minimum absolute atomic E-state index is 0. The van der Waals surface area contributed by atoms with Gasteiger partial charge in [-0.1, -0.05) is 13.8 Å². The van der Waals surface area contributed by atoms with E-state index in [0.29, 0.717) is 6.04 Å². The van der Waals surface area contributed by atoms with E-state index in [9.17, 15) is 0 Å². The van der Waals surface area contributed by atoms with Crippen LogP contribution in [0.2, 0.25) is 0 Å². The summed E-state index contributed by atoms with van der Waals surface area (Å²) in [6.45, 7) is 9.69. The van der Waals surface area contributed by atoms with Crippen molar-refractivity contribution in [3.05, 3.63) is 0 Å². The SMILES string of the molecule is CCN(CC)C(C)CCN.Cl. The molecule has 0 amide bonds. The van der Waals surface area contributed by atoms with Gasteiger partial charge in [-0.15, -0.1) is 12.4 Å². The van der Waals surface area contributed by atoms with Gasteiger partial charge in [-0.3, -0.25) is 0 Å². The second kappa shape index (κ2) is 8.31. The van der Waals surface area contributed by atoms with Crippen LogP contribution in [0.4, 0.5) is 0 Å². The van der Waals surface area contributed by atoms with E-state index < -0.39 is 0 Å². The topological polar surface area (TPSA) is 29.3 Å². The highest BCUT2D eigenvalue weighted by Crippen LogP contribution is 2.00. The van der Waals surface area contributed by atoms with Gasteiger partial charge in [-0.2, -0.15) is 0 Å². The number of nitrogens with zero attached hydrogens (tertiary/aromatic N) is 1. The van der Waals surface area contributed by atoms with Crippen LogP contribution in [0.1, 0.15) is 27.2 Å². The molecule has 0 fully saturated rings. The fourth-order valence-corrected chi connectivity index (χ4v) is 1.27. The molecule has 11 heavy (non-hydrogen) atoms. The Labute approximate surface area is 76.5 Å². The van der Waals surface area contributed by atoms with Gasteiger partial charge in [-0.25, -0.2) is 0 Å². The molecular formula is C8H21ClN2. The first-order chi connectivity index (χ1) is 4.76. The van der Waals surface area contributed by atoms with Crippen molar-refractivity contribution in [1.29, 1.82) is 0 Å². The first-order valence-electron chi connectivity index (χ1n) is 4.20. The van der Waals surface area contributed by atoms with Gasteiger partial charge >= 0.3 is 0 Å². The first kappa shape index (κ1) is 13.8. The fourth-order valence-electron chi connectivity index (χ4n) is 1.27. The molecule has 0 bridgehead atoms. The standard InChI is InChI=1S/C8H20N2.ClH/c1-4-10(5-2)8(3)6-7-9;/h8H,4-7,9H2,1-3H3;1H. The Morgan fingerprint density at radius 1 is 1.27 bits per heavy atom. The van der Waals surface area contributed by atoms with Crippen LogP contribution < -0.4 is 5.73 Å². The van der Waals surface area contributed by atoms with Crippen LogP contribution in [-0.4, -0.2) is 30.6 Å². The molecule has 0 heterocycles. The molecule has 0 radical (unpaired) electrons. The molecule has 2 N–H and O–H groups in total. The molecule has 0 aliphatic rings. The lowest BCUT2D eigenvalue weighted by Gasteiger charge is -2.25. The molecule has 0 aromatic rings. The molecule has 3 heteroatoms. The van der Waals surface area contributed by atoms with Gasteiger partial charge < -0.3 is 10.6 Å². The molecule has 0 aromatic carbocycles. The van der Waals surface area contributed by atoms with Crippen molar-refractivity contribution in [2.24, 2.45) is 5.73 Å². The molecule has 2 nitrogen and oxygen atoms in total. The third kappa shape index (κ3) is 5.48. The van der Waals surface area contributed by atoms with Gasteiger partial charge in [0.15, 0.2) is 0 Å². The Balaban J connectivity index is 0. The van der Waals surface area contributed by atoms with Gasteiger partial charge in [0, 0.05) is 6.04 Å². The van der Waals surface area contributed by atoms with E-state index in [0.717, 1.165) is 26.1 Å². The summed E-state index contributed by atoms with van der Waals surface area (Å²) in [5.74, 6) is 0. The smallest absolute Gasteiger partial charge is 0.00786 e. The van der Waals surface area contributed by atoms with E-state index in [1.54, 1.807) is 0 Å². The summed E-state index contributed by atoms with van der Waals surface area (Å²) in [5, 5.41) is 0. The Kier molecular flexibility index (Phi) is 10.4. The van der Waals surface area contributed by atoms with Crippen molar-refractivity contribution in [3.63, 3.8) is 0 Å². The average Bonchev–Trinajstić information content (AvgIpc) is 1.91. The highest BCUT2D eigenvalue weighted by atomic mass is 35.5. The molecule has 1 unspecified atom stereocenters. The Morgan fingerprint density at radius 2 is 1.73 bits per heavy atom. The highest BCUT2D eigenvalue weighted by Gasteiger charge is 2.07. The number of halogens is 1. The summed E-state index contributed by atoms with van der Waals surface area (Å²) < 4.78 is 0. The van der Waals surface area contributed by atoms with E-state index in [4.69, 9.17) is 5.73 Å². The molecule has 0 aliphatic heterocycles. The largest absolute Gasteiger partial charge is 0.330 e. The van der Waals surface area contributed by atoms with Crippen LogP contribution in [0.15, 0.2) is 0 Å². The average molecular weight is 181 g/mol. The van der Waals surface area contributed by atoms with Crippen molar-refractivity contribution in [3.8, 4) is 0 Å². The van der Waals surface area contributed by atoms with Crippen LogP contribution >= 0.6 is 12.4 Å². The quantitative estimate of drug-likeness (QED) is 0.695. The number of nitrogens with two attached hydrogens (primary N) is 1. The van der Waals surface area contributed by atoms with Crippen molar-refractivity contribution >= 4 is 12.4 Å². The lowest BCUT2D eigenvalue weighted by molar-refractivity contribution is 0.223. The summed E-state index contributed by atoms with van der Waals surface area (Å²) in [7, 11) is 0. The normalized spacial score (nSPS) is 12.8. The van der Waals surface area contributed by atoms with Crippen molar-refractivity contribution in [2.45, 2.75) is 33.2 Å². The molecule has 0 spiro atoms. The van der Waals surface area contributed by atoms with E-state index in [2.05, 4.69) is 25.7 Å². The van der Waals surface area contributed by atoms with Crippen LogP contribution in [0.25, 0.3) is 0 Å². The lowest BCUT2D eigenvalue weighted by atomic mass is 10.2. The maximum atomic E-state index is 5.45. The predicted molar refractivity (Wildman–Crippen MR) is 53.3 cm³/mol. The number of hydrogen-bond acceptors (Lipinski definition) is 2. The summed E-state index contributed by atoms with van der Waals surface area (Å²) in [6.07, 6.45) is 1.11. The lowest BCUT2D eigenvalue weighted by Crippen LogP contribution is -2.34. The van der Waals surface area contributed by atoms with E-state index in [1.807, 2.05) is 0 Å². The molecule has 0 aromatic heterocycles. The third-order valence-corrected chi connectivity index (χ3v) is 2.02. The molecule has 1 atom stereocenters. The molecule has 0 saturated carbocycles.